The van der Waals surface area contributed by atoms with Gasteiger partial charge in [-0.15, -0.1) is 0 Å². The van der Waals surface area contributed by atoms with Gasteiger partial charge in [-0.1, -0.05) is 31.5 Å². The number of hydrogen-bond donors (Lipinski definition) is 1. The average molecular weight is 286 g/mol. The van der Waals surface area contributed by atoms with Crippen molar-refractivity contribution in [3.05, 3.63) is 23.2 Å². The van der Waals surface area contributed by atoms with Gasteiger partial charge in [-0.25, -0.2) is 0 Å². The zero-order chi connectivity index (χ0) is 14.3. The molecular weight excluding hydrogens is 266 g/mol. The zero-order valence-electron chi connectivity index (χ0n) is 11.5. The molecule has 19 heavy (non-hydrogen) atoms. The Kier molecular flexibility index (Phi) is 6.67. The Hall–Kier alpha value is -1.26. The summed E-state index contributed by atoms with van der Waals surface area (Å²) in [7, 11) is 1.60. The number of halogens is 1. The Morgan fingerprint density at radius 1 is 1.42 bits per heavy atom. The van der Waals surface area contributed by atoms with E-state index in [-0.39, 0.29) is 11.8 Å². The quantitative estimate of drug-likeness (QED) is 0.782. The summed E-state index contributed by atoms with van der Waals surface area (Å²) in [5, 5.41) is 3.31. The van der Waals surface area contributed by atoms with Gasteiger partial charge in [0, 0.05) is 13.0 Å². The lowest BCUT2D eigenvalue weighted by atomic mass is 10.1. The summed E-state index contributed by atoms with van der Waals surface area (Å²) < 4.78 is 10.5. The number of ether oxygens (including phenoxy) is 2. The van der Waals surface area contributed by atoms with Crippen LogP contribution in [0.5, 0.6) is 5.75 Å². The Morgan fingerprint density at radius 2 is 2.16 bits per heavy atom. The molecule has 0 bridgehead atoms. The summed E-state index contributed by atoms with van der Waals surface area (Å²) in [6.45, 7) is 4.69. The molecule has 0 heterocycles. The minimum atomic E-state index is -0.0502. The molecule has 1 aromatic rings. The number of carbonyl (C=O) groups is 1. The van der Waals surface area contributed by atoms with Crippen molar-refractivity contribution in [3.8, 4) is 5.75 Å². The summed E-state index contributed by atoms with van der Waals surface area (Å²) >= 11 is 6.09. The highest BCUT2D eigenvalue weighted by atomic mass is 35.5. The second-order valence-electron chi connectivity index (χ2n) is 4.26. The van der Waals surface area contributed by atoms with Crippen LogP contribution in [0.15, 0.2) is 18.2 Å². The molecule has 0 aromatic heterocycles. The van der Waals surface area contributed by atoms with Gasteiger partial charge in [0.2, 0.25) is 5.91 Å². The van der Waals surface area contributed by atoms with Crippen LogP contribution in [0, 0.1) is 5.92 Å². The van der Waals surface area contributed by atoms with Gasteiger partial charge in [-0.3, -0.25) is 4.79 Å². The fraction of sp³-hybridized carbons (Fsp3) is 0.500. The highest BCUT2D eigenvalue weighted by Gasteiger charge is 2.15. The van der Waals surface area contributed by atoms with Crippen LogP contribution in [0.2, 0.25) is 5.02 Å². The highest BCUT2D eigenvalue weighted by molar-refractivity contribution is 6.32. The van der Waals surface area contributed by atoms with Gasteiger partial charge in [0.15, 0.2) is 5.75 Å². The molecule has 106 valence electrons. The molecule has 1 N–H and O–H groups in total. The Labute approximate surface area is 119 Å². The number of anilines is 1. The number of hydrogen-bond acceptors (Lipinski definition) is 3. The third-order valence-corrected chi connectivity index (χ3v) is 3.12. The first kappa shape index (κ1) is 15.8. The molecule has 0 saturated heterocycles. The minimum Gasteiger partial charge on any atom is -0.487 e. The lowest BCUT2D eigenvalue weighted by molar-refractivity contribution is -0.119. The Balaban J connectivity index is 2.81. The third-order valence-electron chi connectivity index (χ3n) is 2.82. The van der Waals surface area contributed by atoms with E-state index in [1.807, 2.05) is 13.8 Å². The van der Waals surface area contributed by atoms with Gasteiger partial charge in [-0.2, -0.15) is 0 Å². The SMILES string of the molecule is CCC(C)C(=O)Nc1cccc(Cl)c1OCCOC. The number of methoxy groups -OCH3 is 1. The highest BCUT2D eigenvalue weighted by Crippen LogP contribution is 2.33. The Bertz CT molecular complexity index is 423. The van der Waals surface area contributed by atoms with Crippen molar-refractivity contribution in [2.75, 3.05) is 25.6 Å². The molecule has 1 unspecified atom stereocenters. The number of benzene rings is 1. The predicted octanol–water partition coefficient (Wildman–Crippen LogP) is 3.35. The molecule has 0 spiro atoms. The maximum atomic E-state index is 11.9. The summed E-state index contributed by atoms with van der Waals surface area (Å²) in [6.07, 6.45) is 0.784. The molecule has 0 fully saturated rings. The Morgan fingerprint density at radius 3 is 2.79 bits per heavy atom. The van der Waals surface area contributed by atoms with Crippen molar-refractivity contribution < 1.29 is 14.3 Å². The van der Waals surface area contributed by atoms with Crippen LogP contribution in [0.4, 0.5) is 5.69 Å². The molecule has 0 saturated carbocycles. The molecule has 1 atom stereocenters. The van der Waals surface area contributed by atoms with Crippen molar-refractivity contribution in [2.45, 2.75) is 20.3 Å². The summed E-state index contributed by atoms with van der Waals surface area (Å²) in [4.78, 5) is 11.9. The topological polar surface area (TPSA) is 47.6 Å². The maximum absolute atomic E-state index is 11.9. The van der Waals surface area contributed by atoms with E-state index < -0.39 is 0 Å². The number of amides is 1. The van der Waals surface area contributed by atoms with Gasteiger partial charge >= 0.3 is 0 Å². The van der Waals surface area contributed by atoms with Crippen LogP contribution in [-0.2, 0) is 9.53 Å². The maximum Gasteiger partial charge on any atom is 0.227 e. The molecule has 0 aliphatic heterocycles. The molecule has 1 rings (SSSR count). The van der Waals surface area contributed by atoms with E-state index in [1.165, 1.54) is 0 Å². The lowest BCUT2D eigenvalue weighted by Crippen LogP contribution is -2.20. The van der Waals surface area contributed by atoms with E-state index in [0.29, 0.717) is 29.7 Å². The zero-order valence-corrected chi connectivity index (χ0v) is 12.3. The van der Waals surface area contributed by atoms with Crippen LogP contribution in [0.3, 0.4) is 0 Å². The van der Waals surface area contributed by atoms with Crippen LogP contribution >= 0.6 is 11.6 Å². The predicted molar refractivity (Wildman–Crippen MR) is 76.9 cm³/mol. The van der Waals surface area contributed by atoms with Crippen molar-refractivity contribution in [2.24, 2.45) is 5.92 Å². The first-order valence-corrected chi connectivity index (χ1v) is 6.69. The summed E-state index contributed by atoms with van der Waals surface area (Å²) in [5.74, 6) is 0.394. The van der Waals surface area contributed by atoms with Crippen molar-refractivity contribution >= 4 is 23.2 Å². The molecule has 5 heteroatoms. The second kappa shape index (κ2) is 8.02. The van der Waals surface area contributed by atoms with Crippen LogP contribution in [0.1, 0.15) is 20.3 Å². The number of para-hydroxylation sites is 1. The van der Waals surface area contributed by atoms with Crippen molar-refractivity contribution in [3.63, 3.8) is 0 Å². The van der Waals surface area contributed by atoms with Crippen LogP contribution < -0.4 is 10.1 Å². The molecule has 0 aliphatic rings. The first-order valence-electron chi connectivity index (χ1n) is 6.31. The number of rotatable bonds is 7. The smallest absolute Gasteiger partial charge is 0.227 e. The fourth-order valence-corrected chi connectivity index (χ4v) is 1.65. The lowest BCUT2D eigenvalue weighted by Gasteiger charge is -2.15. The number of nitrogens with one attached hydrogen (secondary N) is 1. The van der Waals surface area contributed by atoms with Gasteiger partial charge in [0.05, 0.1) is 17.3 Å². The average Bonchev–Trinajstić information content (AvgIpc) is 2.41. The molecule has 1 aromatic carbocycles. The van der Waals surface area contributed by atoms with E-state index in [2.05, 4.69) is 5.32 Å². The van der Waals surface area contributed by atoms with Crippen LogP contribution in [0.25, 0.3) is 0 Å². The van der Waals surface area contributed by atoms with Crippen molar-refractivity contribution in [1.82, 2.24) is 0 Å². The van der Waals surface area contributed by atoms with E-state index in [1.54, 1.807) is 25.3 Å². The normalized spacial score (nSPS) is 12.0. The van der Waals surface area contributed by atoms with E-state index >= 15 is 0 Å². The largest absolute Gasteiger partial charge is 0.487 e. The summed E-state index contributed by atoms with van der Waals surface area (Å²) in [5.41, 5.74) is 0.592. The molecular formula is C14H20ClNO3. The van der Waals surface area contributed by atoms with Crippen molar-refractivity contribution in [1.29, 1.82) is 0 Å². The fourth-order valence-electron chi connectivity index (χ4n) is 1.42. The second-order valence-corrected chi connectivity index (χ2v) is 4.66. The van der Waals surface area contributed by atoms with Gasteiger partial charge in [-0.05, 0) is 18.6 Å². The van der Waals surface area contributed by atoms with E-state index in [0.717, 1.165) is 6.42 Å². The standard InChI is InChI=1S/C14H20ClNO3/c1-4-10(2)14(17)16-12-7-5-6-11(15)13(12)19-9-8-18-3/h5-7,10H,4,8-9H2,1-3H3,(H,16,17). The molecule has 0 aliphatic carbocycles. The first-order chi connectivity index (χ1) is 9.10. The summed E-state index contributed by atoms with van der Waals surface area (Å²) in [6, 6.07) is 5.27. The van der Waals surface area contributed by atoms with Gasteiger partial charge in [0.1, 0.15) is 6.61 Å². The van der Waals surface area contributed by atoms with E-state index in [4.69, 9.17) is 21.1 Å². The minimum absolute atomic E-state index is 0.0404. The van der Waals surface area contributed by atoms with E-state index in [9.17, 15) is 4.79 Å². The third kappa shape index (κ3) is 4.73. The van der Waals surface area contributed by atoms with Gasteiger partial charge < -0.3 is 14.8 Å². The van der Waals surface area contributed by atoms with Crippen LogP contribution in [-0.4, -0.2) is 26.2 Å². The van der Waals surface area contributed by atoms with Gasteiger partial charge in [0.25, 0.3) is 0 Å². The number of carbonyl (C=O) groups excluding carboxylic acids is 1. The monoisotopic (exact) mass is 285 g/mol. The molecule has 0 radical (unpaired) electrons. The molecule has 1 amide bonds. The molecule has 4 nitrogen and oxygen atoms in total.